The molecule has 0 aliphatic carbocycles. The van der Waals surface area contributed by atoms with Gasteiger partial charge in [-0.2, -0.15) is 4.98 Å². The second kappa shape index (κ2) is 9.34. The summed E-state index contributed by atoms with van der Waals surface area (Å²) in [6.45, 7) is 4.42. The van der Waals surface area contributed by atoms with Gasteiger partial charge in [-0.25, -0.2) is 4.68 Å². The molecule has 0 spiro atoms. The summed E-state index contributed by atoms with van der Waals surface area (Å²) in [7, 11) is 1.64. The Morgan fingerprint density at radius 1 is 0.839 bits per heavy atom. The molecule has 0 radical (unpaired) electrons. The van der Waals surface area contributed by atoms with Crippen LogP contribution >= 0.6 is 0 Å². The summed E-state index contributed by atoms with van der Waals surface area (Å²) in [6.07, 6.45) is -0.0201. The molecule has 6 nitrogen and oxygen atoms in total. The Kier molecular flexibility index (Phi) is 6.17. The molecule has 0 atom stereocenters. The van der Waals surface area contributed by atoms with E-state index in [1.54, 1.807) is 11.8 Å². The Balaban J connectivity index is 1.60. The van der Waals surface area contributed by atoms with E-state index in [9.17, 15) is 0 Å². The molecule has 1 heterocycles. The lowest BCUT2D eigenvalue weighted by Crippen LogP contribution is -2.07. The average molecular weight is 415 g/mol. The summed E-state index contributed by atoms with van der Waals surface area (Å²) in [5.41, 5.74) is 2.90. The van der Waals surface area contributed by atoms with Crippen molar-refractivity contribution in [2.24, 2.45) is 0 Å². The second-order valence-corrected chi connectivity index (χ2v) is 7.29. The van der Waals surface area contributed by atoms with Crippen LogP contribution in [0.5, 0.6) is 17.5 Å². The van der Waals surface area contributed by atoms with Crippen molar-refractivity contribution >= 4 is 0 Å². The SMILES string of the molecule is COc1ccc(-n2nc(OC(C)C)nc2-c2ccc(OCc3ccccc3)cc2)cc1. The van der Waals surface area contributed by atoms with Crippen molar-refractivity contribution in [1.82, 2.24) is 14.8 Å². The van der Waals surface area contributed by atoms with Crippen LogP contribution in [0.4, 0.5) is 0 Å². The molecular formula is C25H25N3O3. The van der Waals surface area contributed by atoms with E-state index < -0.39 is 0 Å². The Hall–Kier alpha value is -3.80. The van der Waals surface area contributed by atoms with Crippen LogP contribution in [-0.2, 0) is 6.61 Å². The summed E-state index contributed by atoms with van der Waals surface area (Å²) in [6, 6.07) is 25.9. The van der Waals surface area contributed by atoms with E-state index in [0.717, 1.165) is 28.3 Å². The largest absolute Gasteiger partial charge is 0.497 e. The van der Waals surface area contributed by atoms with Crippen LogP contribution in [0.1, 0.15) is 19.4 Å². The van der Waals surface area contributed by atoms with Crippen LogP contribution in [0.2, 0.25) is 0 Å². The zero-order chi connectivity index (χ0) is 21.6. The third-order valence-electron chi connectivity index (χ3n) is 4.61. The molecule has 4 rings (SSSR count). The zero-order valence-electron chi connectivity index (χ0n) is 17.9. The Morgan fingerprint density at radius 2 is 1.52 bits per heavy atom. The highest BCUT2D eigenvalue weighted by Crippen LogP contribution is 2.27. The molecule has 0 fully saturated rings. The maximum absolute atomic E-state index is 5.90. The number of benzene rings is 3. The van der Waals surface area contributed by atoms with Crippen molar-refractivity contribution in [3.05, 3.63) is 84.4 Å². The highest BCUT2D eigenvalue weighted by atomic mass is 16.5. The van der Waals surface area contributed by atoms with Crippen molar-refractivity contribution in [1.29, 1.82) is 0 Å². The molecule has 0 unspecified atom stereocenters. The molecule has 0 amide bonds. The van der Waals surface area contributed by atoms with E-state index >= 15 is 0 Å². The van der Waals surface area contributed by atoms with Gasteiger partial charge in [-0.3, -0.25) is 0 Å². The fourth-order valence-corrected chi connectivity index (χ4v) is 3.09. The van der Waals surface area contributed by atoms with E-state index in [2.05, 4.69) is 10.1 Å². The first kappa shape index (κ1) is 20.5. The lowest BCUT2D eigenvalue weighted by Gasteiger charge is -2.09. The normalized spacial score (nSPS) is 10.8. The standard InChI is InChI=1S/C25H25N3O3/c1-18(2)31-25-26-24(28(27-25)21-11-15-22(29-3)16-12-21)20-9-13-23(14-10-20)30-17-19-7-5-4-6-8-19/h4-16,18H,17H2,1-3H3. The van der Waals surface area contributed by atoms with Crippen molar-refractivity contribution in [2.45, 2.75) is 26.6 Å². The number of rotatable bonds is 8. The van der Waals surface area contributed by atoms with Crippen LogP contribution in [0.15, 0.2) is 78.9 Å². The van der Waals surface area contributed by atoms with Crippen LogP contribution in [0, 0.1) is 0 Å². The van der Waals surface area contributed by atoms with Gasteiger partial charge in [-0.15, -0.1) is 5.10 Å². The Bertz CT molecular complexity index is 1110. The van der Waals surface area contributed by atoms with Gasteiger partial charge in [-0.1, -0.05) is 30.3 Å². The molecule has 0 N–H and O–H groups in total. The third kappa shape index (κ3) is 5.04. The van der Waals surface area contributed by atoms with Crippen molar-refractivity contribution in [3.63, 3.8) is 0 Å². The molecular weight excluding hydrogens is 390 g/mol. The van der Waals surface area contributed by atoms with E-state index in [4.69, 9.17) is 14.2 Å². The van der Waals surface area contributed by atoms with Crippen molar-refractivity contribution in [3.8, 4) is 34.6 Å². The molecule has 0 saturated heterocycles. The fourth-order valence-electron chi connectivity index (χ4n) is 3.09. The second-order valence-electron chi connectivity index (χ2n) is 7.29. The molecule has 0 aliphatic heterocycles. The van der Waals surface area contributed by atoms with E-state index in [1.807, 2.05) is 92.7 Å². The van der Waals surface area contributed by atoms with Crippen LogP contribution in [0.25, 0.3) is 17.1 Å². The highest BCUT2D eigenvalue weighted by molar-refractivity contribution is 5.59. The van der Waals surface area contributed by atoms with Gasteiger partial charge in [0.05, 0.1) is 18.9 Å². The van der Waals surface area contributed by atoms with Crippen LogP contribution < -0.4 is 14.2 Å². The quantitative estimate of drug-likeness (QED) is 0.390. The molecule has 3 aromatic carbocycles. The maximum atomic E-state index is 5.90. The lowest BCUT2D eigenvalue weighted by atomic mass is 10.2. The fraction of sp³-hybridized carbons (Fsp3) is 0.200. The molecule has 0 bridgehead atoms. The highest BCUT2D eigenvalue weighted by Gasteiger charge is 2.16. The van der Waals surface area contributed by atoms with Gasteiger partial charge in [-0.05, 0) is 67.9 Å². The van der Waals surface area contributed by atoms with E-state index in [0.29, 0.717) is 18.4 Å². The first-order valence-electron chi connectivity index (χ1n) is 10.2. The summed E-state index contributed by atoms with van der Waals surface area (Å²) >= 11 is 0. The van der Waals surface area contributed by atoms with Gasteiger partial charge in [0.2, 0.25) is 0 Å². The number of aromatic nitrogens is 3. The first-order valence-corrected chi connectivity index (χ1v) is 10.2. The monoisotopic (exact) mass is 415 g/mol. The third-order valence-corrected chi connectivity index (χ3v) is 4.61. The molecule has 4 aromatic rings. The van der Waals surface area contributed by atoms with Crippen molar-refractivity contribution in [2.75, 3.05) is 7.11 Å². The number of hydrogen-bond donors (Lipinski definition) is 0. The molecule has 1 aromatic heterocycles. The van der Waals surface area contributed by atoms with Crippen LogP contribution in [0.3, 0.4) is 0 Å². The lowest BCUT2D eigenvalue weighted by molar-refractivity contribution is 0.222. The topological polar surface area (TPSA) is 58.4 Å². The van der Waals surface area contributed by atoms with Crippen LogP contribution in [-0.4, -0.2) is 28.0 Å². The number of hydrogen-bond acceptors (Lipinski definition) is 5. The number of nitrogens with zero attached hydrogens (tertiary/aromatic N) is 3. The first-order chi connectivity index (χ1) is 15.1. The number of ether oxygens (including phenoxy) is 3. The molecule has 31 heavy (non-hydrogen) atoms. The predicted molar refractivity (Wildman–Crippen MR) is 120 cm³/mol. The summed E-state index contributed by atoms with van der Waals surface area (Å²) in [4.78, 5) is 4.62. The van der Waals surface area contributed by atoms with Gasteiger partial charge >= 0.3 is 6.01 Å². The minimum atomic E-state index is -0.0201. The molecule has 6 heteroatoms. The average Bonchev–Trinajstić information content (AvgIpc) is 3.22. The van der Waals surface area contributed by atoms with Gasteiger partial charge in [0, 0.05) is 5.56 Å². The minimum absolute atomic E-state index is 0.0201. The predicted octanol–water partition coefficient (Wildman–Crippen LogP) is 5.31. The smallest absolute Gasteiger partial charge is 0.336 e. The van der Waals surface area contributed by atoms with Gasteiger partial charge in [0.1, 0.15) is 18.1 Å². The summed E-state index contributed by atoms with van der Waals surface area (Å²) in [5.74, 6) is 2.26. The molecule has 0 aliphatic rings. The Labute approximate surface area is 182 Å². The number of methoxy groups -OCH3 is 1. The van der Waals surface area contributed by atoms with Gasteiger partial charge in [0.25, 0.3) is 0 Å². The van der Waals surface area contributed by atoms with E-state index in [1.165, 1.54) is 0 Å². The molecule has 158 valence electrons. The molecule has 0 saturated carbocycles. The zero-order valence-corrected chi connectivity index (χ0v) is 17.9. The Morgan fingerprint density at radius 3 is 2.16 bits per heavy atom. The summed E-state index contributed by atoms with van der Waals surface area (Å²) in [5, 5.41) is 4.56. The maximum Gasteiger partial charge on any atom is 0.336 e. The van der Waals surface area contributed by atoms with E-state index in [-0.39, 0.29) is 6.10 Å². The van der Waals surface area contributed by atoms with Gasteiger partial charge in [0.15, 0.2) is 5.82 Å². The summed E-state index contributed by atoms with van der Waals surface area (Å²) < 4.78 is 18.7. The van der Waals surface area contributed by atoms with Crippen molar-refractivity contribution < 1.29 is 14.2 Å². The minimum Gasteiger partial charge on any atom is -0.497 e. The van der Waals surface area contributed by atoms with Gasteiger partial charge < -0.3 is 14.2 Å².